The van der Waals surface area contributed by atoms with Crippen molar-refractivity contribution in [2.75, 3.05) is 75.0 Å². The lowest BCUT2D eigenvalue weighted by Crippen LogP contribution is -2.65. The highest BCUT2D eigenvalue weighted by Crippen LogP contribution is 2.44. The first-order valence-corrected chi connectivity index (χ1v) is 38.2. The minimum Gasteiger partial charge on any atom is -0.343 e. The van der Waals surface area contributed by atoms with E-state index in [0.29, 0.717) is 51.6 Å². The van der Waals surface area contributed by atoms with E-state index in [9.17, 15) is 37.1 Å². The quantitative estimate of drug-likeness (QED) is 0.184. The van der Waals surface area contributed by atoms with Crippen LogP contribution in [-0.2, 0) is 57.5 Å². The first-order chi connectivity index (χ1) is 47.7. The molecular formula is C73H116ClF3N12O12. The number of hydrogen-bond acceptors (Lipinski definition) is 12. The number of carbonyl (C=O) groups is 12. The van der Waals surface area contributed by atoms with Crippen molar-refractivity contribution < 1.29 is 70.7 Å². The van der Waals surface area contributed by atoms with E-state index >= 15 is 33.6 Å². The molecule has 4 saturated carbocycles. The summed E-state index contributed by atoms with van der Waals surface area (Å²) in [5.74, 6) is -9.84. The predicted octanol–water partition coefficient (Wildman–Crippen LogP) is 6.24. The molecule has 4 saturated heterocycles. The first-order valence-electron chi connectivity index (χ1n) is 37.8. The lowest BCUT2D eigenvalue weighted by molar-refractivity contribution is -0.182. The molecule has 8 fully saturated rings. The molecule has 568 valence electrons. The summed E-state index contributed by atoms with van der Waals surface area (Å²) in [6.45, 7) is 9.36. The van der Waals surface area contributed by atoms with Crippen molar-refractivity contribution in [3.8, 4) is 0 Å². The van der Waals surface area contributed by atoms with Crippen LogP contribution in [0.15, 0.2) is 0 Å². The number of likely N-dealkylation sites (N-methyl/N-ethyl adjacent to an activating group) is 6. The number of hydrogen-bond donors (Lipinski definition) is 3. The molecule has 0 aromatic carbocycles. The van der Waals surface area contributed by atoms with E-state index in [1.807, 2.05) is 20.8 Å². The number of fused-ring (bicyclic) bond motifs is 2. The molecule has 13 atom stereocenters. The summed E-state index contributed by atoms with van der Waals surface area (Å²) in [7, 11) is 8.78. The van der Waals surface area contributed by atoms with E-state index in [2.05, 4.69) is 16.0 Å². The fourth-order valence-electron chi connectivity index (χ4n) is 16.7. The summed E-state index contributed by atoms with van der Waals surface area (Å²) in [6, 6.07) is -10.7. The van der Waals surface area contributed by atoms with E-state index in [-0.39, 0.29) is 114 Å². The highest BCUT2D eigenvalue weighted by Gasteiger charge is 2.53. The van der Waals surface area contributed by atoms with Gasteiger partial charge in [0.2, 0.25) is 70.9 Å². The lowest BCUT2D eigenvalue weighted by Gasteiger charge is -2.45. The Morgan fingerprint density at radius 3 is 1.76 bits per heavy atom. The third-order valence-electron chi connectivity index (χ3n) is 24.0. The zero-order valence-electron chi connectivity index (χ0n) is 61.8. The highest BCUT2D eigenvalue weighted by molar-refractivity contribution is 6.21. The number of nitrogens with zero attached hydrogens (tertiary/aromatic N) is 9. The van der Waals surface area contributed by atoms with E-state index in [0.717, 1.165) is 51.4 Å². The molecule has 4 aliphatic carbocycles. The maximum absolute atomic E-state index is 15.6. The van der Waals surface area contributed by atoms with Crippen molar-refractivity contribution in [3.05, 3.63) is 0 Å². The number of piperidine rings is 1. The third-order valence-corrected chi connectivity index (χ3v) is 24.5. The summed E-state index contributed by atoms with van der Waals surface area (Å²) in [4.78, 5) is 193. The van der Waals surface area contributed by atoms with Crippen molar-refractivity contribution in [3.63, 3.8) is 0 Å². The van der Waals surface area contributed by atoms with Gasteiger partial charge in [-0.15, -0.1) is 11.6 Å². The lowest BCUT2D eigenvalue weighted by atomic mass is 9.78. The van der Waals surface area contributed by atoms with Crippen LogP contribution in [0, 0.1) is 35.5 Å². The van der Waals surface area contributed by atoms with Gasteiger partial charge in [-0.2, -0.15) is 13.2 Å². The number of carbonyl (C=O) groups excluding carboxylic acids is 12. The highest BCUT2D eigenvalue weighted by atomic mass is 35.5. The molecule has 0 bridgehead atoms. The van der Waals surface area contributed by atoms with Gasteiger partial charge in [-0.05, 0) is 139 Å². The standard InChI is InChI=1S/C73H116ClF3N12O12/c1-12-45(4)61-70(100)82(7)46(5)64(94)89-37-31-54(89)67(97)84(9)56(40-47-22-15-13-16-23-47)66(96)81(6)43-59(90)78-52(30-28-48-27-29-50(51(74)39-48)73(75,76)77)65(95)88-36-21-24-53(88)63(93)80-72(32-17-18-33-72)71(101)86(11)57(41-49-25-26-49)68(98)85(10)58(69(99)87-34-19-14-20-35-87)42-60(91)83(8)55(38-44(2)3)62(92)79-61/h44-58,61H,12-43H2,1-11H3,(H,78,90)(H,79,92)(H,80,93)/t45-,46-,48?,50?,51?,52-,53-,54-,55-,56-,57-,58-,61-/m0/s1. The van der Waals surface area contributed by atoms with Crippen LogP contribution >= 0.6 is 11.6 Å². The molecule has 12 amide bonds. The van der Waals surface area contributed by atoms with E-state index in [1.54, 1.807) is 11.8 Å². The minimum absolute atomic E-state index is 0.00486. The molecule has 28 heteroatoms. The predicted molar refractivity (Wildman–Crippen MR) is 372 cm³/mol. The molecule has 0 radical (unpaired) electrons. The van der Waals surface area contributed by atoms with Gasteiger partial charge in [-0.25, -0.2) is 0 Å². The van der Waals surface area contributed by atoms with E-state index in [1.165, 1.54) is 88.4 Å². The van der Waals surface area contributed by atoms with Gasteiger partial charge < -0.3 is 60.0 Å². The SMILES string of the molecule is CC[C@H](C)[C@@H]1NC(=O)[C@H](CC(C)C)N(C)C(=O)C[C@@H](C(=O)N2CCCCC2)N(C)C(=O)[C@H](CC2CC2)N(C)C(=O)C2(CCCC2)NC(=O)[C@@H]2CCCN2C(=O)[C@H](CCC2CCC(C(F)(F)F)C(Cl)C2)NC(=O)CN(C)C(=O)[C@H](CC2CCCCC2)N(C)C(=O)[C@@H]2CCN2C(=O)[C@H](C)N(C)C1=O. The van der Waals surface area contributed by atoms with Gasteiger partial charge >= 0.3 is 6.18 Å². The van der Waals surface area contributed by atoms with Crippen molar-refractivity contribution in [2.45, 2.75) is 279 Å². The summed E-state index contributed by atoms with van der Waals surface area (Å²) < 4.78 is 42.1. The van der Waals surface area contributed by atoms with E-state index < -0.39 is 167 Å². The van der Waals surface area contributed by atoms with Crippen LogP contribution in [0.25, 0.3) is 0 Å². The molecule has 3 unspecified atom stereocenters. The molecule has 4 heterocycles. The maximum atomic E-state index is 15.6. The monoisotopic (exact) mass is 1440 g/mol. The Labute approximate surface area is 600 Å². The van der Waals surface area contributed by atoms with Gasteiger partial charge in [0.25, 0.3) is 0 Å². The van der Waals surface area contributed by atoms with Gasteiger partial charge in [0, 0.05) is 73.8 Å². The van der Waals surface area contributed by atoms with Gasteiger partial charge in [0.05, 0.1) is 18.9 Å². The summed E-state index contributed by atoms with van der Waals surface area (Å²) in [5, 5.41) is 7.67. The average molecular weight is 1450 g/mol. The second kappa shape index (κ2) is 35.0. The van der Waals surface area contributed by atoms with Crippen molar-refractivity contribution >= 4 is 82.5 Å². The maximum Gasteiger partial charge on any atom is 0.393 e. The van der Waals surface area contributed by atoms with Gasteiger partial charge in [0.15, 0.2) is 0 Å². The zero-order chi connectivity index (χ0) is 74.1. The molecular weight excluding hydrogens is 1330 g/mol. The molecule has 101 heavy (non-hydrogen) atoms. The van der Waals surface area contributed by atoms with Gasteiger partial charge in [-0.3, -0.25) is 57.5 Å². The molecule has 1 spiro atoms. The van der Waals surface area contributed by atoms with Gasteiger partial charge in [-0.1, -0.05) is 91.9 Å². The molecule has 8 rings (SSSR count). The molecule has 4 aliphatic heterocycles. The van der Waals surface area contributed by atoms with Crippen molar-refractivity contribution in [1.82, 2.24) is 60.0 Å². The van der Waals surface area contributed by atoms with Crippen LogP contribution < -0.4 is 16.0 Å². The molecule has 0 aromatic rings. The molecule has 24 nitrogen and oxygen atoms in total. The van der Waals surface area contributed by atoms with Crippen LogP contribution in [0.5, 0.6) is 0 Å². The van der Waals surface area contributed by atoms with Crippen LogP contribution in [0.2, 0.25) is 0 Å². The number of amides is 12. The fourth-order valence-corrected chi connectivity index (χ4v) is 17.2. The molecule has 8 aliphatic rings. The second-order valence-corrected chi connectivity index (χ2v) is 32.1. The van der Waals surface area contributed by atoms with Crippen LogP contribution in [0.3, 0.4) is 0 Å². The minimum atomic E-state index is -4.51. The molecule has 0 aromatic heterocycles. The molecule has 3 N–H and O–H groups in total. The first kappa shape index (κ1) is 80.4. The van der Waals surface area contributed by atoms with Crippen LogP contribution in [0.1, 0.15) is 208 Å². The Kier molecular flexibility index (Phi) is 27.9. The number of likely N-dealkylation sites (tertiary alicyclic amines) is 1. The van der Waals surface area contributed by atoms with Crippen LogP contribution in [0.4, 0.5) is 13.2 Å². The Morgan fingerprint density at radius 2 is 1.18 bits per heavy atom. The van der Waals surface area contributed by atoms with Crippen molar-refractivity contribution in [2.24, 2.45) is 35.5 Å². The van der Waals surface area contributed by atoms with Crippen molar-refractivity contribution in [1.29, 1.82) is 0 Å². The summed E-state index contributed by atoms with van der Waals surface area (Å²) in [6.07, 6.45) is 6.54. The third kappa shape index (κ3) is 19.4. The Hall–Kier alpha value is -6.28. The number of alkyl halides is 4. The normalized spacial score (nSPS) is 31.5. The Bertz CT molecular complexity index is 3000. The van der Waals surface area contributed by atoms with Crippen LogP contribution in [-0.4, -0.2) is 261 Å². The van der Waals surface area contributed by atoms with Gasteiger partial charge in [0.1, 0.15) is 59.9 Å². The van der Waals surface area contributed by atoms with E-state index in [4.69, 9.17) is 11.6 Å². The Morgan fingerprint density at radius 1 is 0.574 bits per heavy atom. The fraction of sp³-hybridized carbons (Fsp3) is 0.836. The summed E-state index contributed by atoms with van der Waals surface area (Å²) >= 11 is 6.41. The second-order valence-electron chi connectivity index (χ2n) is 31.6. The smallest absolute Gasteiger partial charge is 0.343 e. The summed E-state index contributed by atoms with van der Waals surface area (Å²) in [5.41, 5.74) is -1.54. The average Bonchev–Trinajstić information content (AvgIpc) is 1.77. The topological polar surface area (TPSA) is 270 Å². The Balaban J connectivity index is 1.16. The zero-order valence-corrected chi connectivity index (χ0v) is 62.6. The number of halogens is 4. The largest absolute Gasteiger partial charge is 0.393 e. The number of nitrogens with one attached hydrogen (secondary N) is 3. The number of rotatable bonds is 12.